The highest BCUT2D eigenvalue weighted by Crippen LogP contribution is 2.52. The van der Waals surface area contributed by atoms with E-state index in [2.05, 4.69) is 5.32 Å². The van der Waals surface area contributed by atoms with Crippen LogP contribution < -0.4 is 24.3 Å². The van der Waals surface area contributed by atoms with E-state index in [1.165, 1.54) is 6.42 Å². The van der Waals surface area contributed by atoms with Gasteiger partial charge in [0.05, 0.1) is 31.0 Å². The topological polar surface area (TPSA) is 139 Å². The molecule has 58 heavy (non-hydrogen) atoms. The molecule has 4 aromatic rings. The second-order valence-electron chi connectivity index (χ2n) is 16.7. The Labute approximate surface area is 342 Å². The third kappa shape index (κ3) is 8.76. The summed E-state index contributed by atoms with van der Waals surface area (Å²) in [6.07, 6.45) is 9.31. The third-order valence-corrected chi connectivity index (χ3v) is 12.7. The van der Waals surface area contributed by atoms with Crippen molar-refractivity contribution in [3.8, 4) is 45.6 Å². The summed E-state index contributed by atoms with van der Waals surface area (Å²) in [6.45, 7) is 1.31. The molecule has 8 rings (SSSR count). The average Bonchev–Trinajstić information content (AvgIpc) is 3.73. The maximum atomic E-state index is 12.6. The number of hydrogen-bond donors (Lipinski definition) is 5. The van der Waals surface area contributed by atoms with E-state index >= 15 is 0 Å². The number of benzene rings is 4. The van der Waals surface area contributed by atoms with Gasteiger partial charge in [-0.25, -0.2) is 0 Å². The molecule has 310 valence electrons. The molecule has 4 aliphatic rings. The van der Waals surface area contributed by atoms with Crippen LogP contribution in [0.25, 0.3) is 11.1 Å². The number of rotatable bonds is 14. The van der Waals surface area contributed by atoms with Gasteiger partial charge in [0.15, 0.2) is 0 Å². The van der Waals surface area contributed by atoms with E-state index in [1.807, 2.05) is 43.4 Å². The number of fused-ring (bicyclic) bond motifs is 2. The van der Waals surface area contributed by atoms with Crippen molar-refractivity contribution in [1.82, 2.24) is 5.32 Å². The fourth-order valence-electron chi connectivity index (χ4n) is 9.78. The van der Waals surface area contributed by atoms with Crippen LogP contribution in [0, 0.1) is 11.8 Å². The second kappa shape index (κ2) is 18.2. The zero-order valence-corrected chi connectivity index (χ0v) is 33.8. The van der Waals surface area contributed by atoms with Crippen LogP contribution in [0.4, 0.5) is 0 Å². The Balaban J connectivity index is 1.16. The van der Waals surface area contributed by atoms with Crippen LogP contribution in [0.1, 0.15) is 111 Å². The van der Waals surface area contributed by atoms with Crippen molar-refractivity contribution in [2.24, 2.45) is 11.8 Å². The fraction of sp³-hybridized carbons (Fsp3) is 0.500. The lowest BCUT2D eigenvalue weighted by molar-refractivity contribution is -0.0890. The Morgan fingerprint density at radius 1 is 0.759 bits per heavy atom. The molecule has 2 aliphatic carbocycles. The van der Waals surface area contributed by atoms with Crippen LogP contribution in [0.2, 0.25) is 0 Å². The highest BCUT2D eigenvalue weighted by Gasteiger charge is 2.48. The smallest absolute Gasteiger partial charge is 0.128 e. The Hall–Kier alpha value is -4.48. The number of phenols is 2. The minimum Gasteiger partial charge on any atom is -0.508 e. The van der Waals surface area contributed by atoms with Crippen molar-refractivity contribution in [3.05, 3.63) is 94.5 Å². The molecule has 0 aromatic heterocycles. The average molecular weight is 794 g/mol. The monoisotopic (exact) mass is 793 g/mol. The van der Waals surface area contributed by atoms with E-state index in [-0.39, 0.29) is 30.3 Å². The van der Waals surface area contributed by atoms with Crippen molar-refractivity contribution in [2.75, 3.05) is 27.4 Å². The van der Waals surface area contributed by atoms with Gasteiger partial charge in [-0.2, -0.15) is 0 Å². The summed E-state index contributed by atoms with van der Waals surface area (Å²) in [6, 6.07) is 20.2. The van der Waals surface area contributed by atoms with Gasteiger partial charge in [0.1, 0.15) is 40.6 Å². The molecule has 2 heterocycles. The molecule has 5 atom stereocenters. The molecule has 10 nitrogen and oxygen atoms in total. The van der Waals surface area contributed by atoms with Crippen molar-refractivity contribution < 1.29 is 44.1 Å². The molecule has 0 spiro atoms. The van der Waals surface area contributed by atoms with E-state index in [0.717, 1.165) is 91.4 Å². The predicted octanol–water partition coefficient (Wildman–Crippen LogP) is 8.69. The van der Waals surface area contributed by atoms with Gasteiger partial charge in [0.2, 0.25) is 0 Å². The lowest BCUT2D eigenvalue weighted by Crippen LogP contribution is -2.46. The van der Waals surface area contributed by atoms with Gasteiger partial charge in [-0.05, 0) is 136 Å². The number of aliphatic hydroxyl groups is 2. The molecule has 10 heteroatoms. The van der Waals surface area contributed by atoms with Gasteiger partial charge in [0.25, 0.3) is 0 Å². The van der Waals surface area contributed by atoms with Crippen LogP contribution in [0.15, 0.2) is 66.7 Å². The number of aliphatic hydroxyl groups excluding tert-OH is 2. The van der Waals surface area contributed by atoms with E-state index < -0.39 is 30.1 Å². The molecule has 0 radical (unpaired) electrons. The normalized spacial score (nSPS) is 23.4. The third-order valence-electron chi connectivity index (χ3n) is 12.7. The van der Waals surface area contributed by atoms with Crippen LogP contribution in [0.5, 0.6) is 34.5 Å². The summed E-state index contributed by atoms with van der Waals surface area (Å²) in [5, 5.41) is 49.3. The van der Waals surface area contributed by atoms with Gasteiger partial charge >= 0.3 is 0 Å². The minimum atomic E-state index is -0.999. The molecule has 2 fully saturated rings. The maximum absolute atomic E-state index is 12.6. The van der Waals surface area contributed by atoms with Gasteiger partial charge in [-0.1, -0.05) is 24.6 Å². The van der Waals surface area contributed by atoms with Crippen LogP contribution in [-0.4, -0.2) is 66.1 Å². The zero-order valence-electron chi connectivity index (χ0n) is 33.8. The first-order valence-corrected chi connectivity index (χ1v) is 21.4. The van der Waals surface area contributed by atoms with E-state index in [4.69, 9.17) is 23.7 Å². The summed E-state index contributed by atoms with van der Waals surface area (Å²) in [7, 11) is 3.60. The van der Waals surface area contributed by atoms with Crippen molar-refractivity contribution in [3.63, 3.8) is 0 Å². The molecule has 5 unspecified atom stereocenters. The lowest BCUT2D eigenvalue weighted by atomic mass is 9.72. The van der Waals surface area contributed by atoms with E-state index in [0.29, 0.717) is 54.4 Å². The predicted molar refractivity (Wildman–Crippen MR) is 222 cm³/mol. The number of nitrogens with one attached hydrogen (secondary N) is 1. The Morgan fingerprint density at radius 3 is 2.28 bits per heavy atom. The molecule has 5 N–H and O–H groups in total. The number of phenolic OH excluding ortho intramolecular Hbond substituents is 2. The van der Waals surface area contributed by atoms with E-state index in [1.54, 1.807) is 37.4 Å². The lowest BCUT2D eigenvalue weighted by Gasteiger charge is -2.45. The summed E-state index contributed by atoms with van der Waals surface area (Å²) in [4.78, 5) is 0. The largest absolute Gasteiger partial charge is 0.508 e. The first-order chi connectivity index (χ1) is 28.3. The summed E-state index contributed by atoms with van der Waals surface area (Å²) in [5.41, 5.74) is 5.60. The van der Waals surface area contributed by atoms with Gasteiger partial charge < -0.3 is 49.4 Å². The number of aromatic hydroxyl groups is 2. The first-order valence-electron chi connectivity index (χ1n) is 21.4. The molecule has 4 aromatic carbocycles. The zero-order chi connectivity index (χ0) is 40.2. The van der Waals surface area contributed by atoms with Gasteiger partial charge in [0, 0.05) is 60.8 Å². The Kier molecular flexibility index (Phi) is 12.6. The summed E-state index contributed by atoms with van der Waals surface area (Å²) < 4.78 is 32.3. The maximum Gasteiger partial charge on any atom is 0.128 e. The number of methoxy groups -OCH3 is 1. The highest BCUT2D eigenvalue weighted by molar-refractivity contribution is 5.70. The van der Waals surface area contributed by atoms with Crippen LogP contribution in [0.3, 0.4) is 0 Å². The molecular formula is C48H59NO9. The standard InChI is InChI=1S/C48H59NO9/c1-49-27-32-24-44-39(26-43(32)57-36-12-4-3-5-13-36)47(53)45(42(58-44)16-9-19-54-2)41-28-55-48-31(23-37(25-40(48)46(41)52)56-35-14-6-7-15-35)20-30-22-34(51)17-18-38(30)29-10-8-11-33(50)21-29/h8,10-11,17-18,21-26,35-36,41-42,45-47,49-53H,3-7,9,12-16,19-20,27-28H2,1-2H3. The van der Waals surface area contributed by atoms with Gasteiger partial charge in [-0.15, -0.1) is 0 Å². The molecule has 2 saturated carbocycles. The SMILES string of the molecule is CNCc1cc2c(cc1OC1CCCCC1)C(O)C(C1COc3c(Cc4cc(O)ccc4-c4cccc(O)c4)cc(OC4CCCC4)cc3C1O)C(CCCOC)O2. The number of ether oxygens (including phenoxy) is 5. The van der Waals surface area contributed by atoms with Crippen LogP contribution >= 0.6 is 0 Å². The molecule has 0 amide bonds. The first kappa shape index (κ1) is 40.3. The molecular weight excluding hydrogens is 735 g/mol. The Bertz CT molecular complexity index is 2020. The highest BCUT2D eigenvalue weighted by atomic mass is 16.5. The van der Waals surface area contributed by atoms with Crippen molar-refractivity contribution in [2.45, 2.75) is 114 Å². The molecule has 0 bridgehead atoms. The summed E-state index contributed by atoms with van der Waals surface area (Å²) in [5.74, 6) is 1.91. The van der Waals surface area contributed by atoms with Crippen LogP contribution in [-0.2, 0) is 17.7 Å². The minimum absolute atomic E-state index is 0.0834. The number of hydrogen-bond acceptors (Lipinski definition) is 10. The quantitative estimate of drug-likeness (QED) is 0.0789. The fourth-order valence-corrected chi connectivity index (χ4v) is 9.78. The summed E-state index contributed by atoms with van der Waals surface area (Å²) >= 11 is 0. The van der Waals surface area contributed by atoms with E-state index in [9.17, 15) is 20.4 Å². The van der Waals surface area contributed by atoms with Gasteiger partial charge in [-0.3, -0.25) is 0 Å². The second-order valence-corrected chi connectivity index (χ2v) is 16.7. The molecule has 0 saturated heterocycles. The van der Waals surface area contributed by atoms with Crippen molar-refractivity contribution in [1.29, 1.82) is 0 Å². The molecule has 2 aliphatic heterocycles. The van der Waals surface area contributed by atoms with Crippen molar-refractivity contribution >= 4 is 0 Å². The Morgan fingerprint density at radius 2 is 1.52 bits per heavy atom.